The van der Waals surface area contributed by atoms with Crippen molar-refractivity contribution >= 4 is 28.5 Å². The summed E-state index contributed by atoms with van der Waals surface area (Å²) < 4.78 is 31.7. The van der Waals surface area contributed by atoms with E-state index < -0.39 is 11.6 Å². The Labute approximate surface area is 189 Å². The van der Waals surface area contributed by atoms with Gasteiger partial charge in [-0.1, -0.05) is 12.1 Å². The van der Waals surface area contributed by atoms with Gasteiger partial charge in [0.15, 0.2) is 17.9 Å². The van der Waals surface area contributed by atoms with Gasteiger partial charge in [-0.05, 0) is 36.6 Å². The maximum absolute atomic E-state index is 15.3. The molecule has 7 nitrogen and oxygen atoms in total. The van der Waals surface area contributed by atoms with Gasteiger partial charge in [0.25, 0.3) is 0 Å². The maximum Gasteiger partial charge on any atom is 0.185 e. The SMILES string of the molecule is Cn1cnc2cc(C3=C(c4ccc(C#N)cc4)NC(N4CCC(N)CC4)N=C3)c(F)c(F)c21. The van der Waals surface area contributed by atoms with Gasteiger partial charge in [0.2, 0.25) is 0 Å². The Bertz CT molecular complexity index is 1310. The average Bonchev–Trinajstić information content (AvgIpc) is 3.22. The Morgan fingerprint density at radius 1 is 1.15 bits per heavy atom. The minimum atomic E-state index is -0.956. The van der Waals surface area contributed by atoms with Crippen LogP contribution in [0.5, 0.6) is 0 Å². The van der Waals surface area contributed by atoms with Crippen LogP contribution in [0, 0.1) is 23.0 Å². The molecule has 5 rings (SSSR count). The number of hydrogen-bond donors (Lipinski definition) is 2. The molecule has 1 aromatic heterocycles. The summed E-state index contributed by atoms with van der Waals surface area (Å²) in [5, 5.41) is 12.6. The van der Waals surface area contributed by atoms with Gasteiger partial charge in [0, 0.05) is 43.5 Å². The van der Waals surface area contributed by atoms with E-state index in [0.29, 0.717) is 22.4 Å². The molecule has 2 aliphatic rings. The van der Waals surface area contributed by atoms with Crippen molar-refractivity contribution in [3.05, 3.63) is 65.0 Å². The van der Waals surface area contributed by atoms with Crippen LogP contribution in [0.3, 0.4) is 0 Å². The molecule has 0 amide bonds. The zero-order chi connectivity index (χ0) is 23.1. The molecule has 168 valence electrons. The van der Waals surface area contributed by atoms with Gasteiger partial charge in [-0.25, -0.2) is 13.8 Å². The number of piperidine rings is 1. The number of aromatic nitrogens is 2. The topological polar surface area (TPSA) is 95.3 Å². The highest BCUT2D eigenvalue weighted by molar-refractivity contribution is 6.20. The molecule has 0 radical (unpaired) electrons. The molecule has 2 aliphatic heterocycles. The molecular formula is C24H23F2N7. The molecule has 0 aliphatic carbocycles. The van der Waals surface area contributed by atoms with Crippen molar-refractivity contribution in [2.75, 3.05) is 13.1 Å². The summed E-state index contributed by atoms with van der Waals surface area (Å²) in [5.74, 6) is -1.90. The maximum atomic E-state index is 15.3. The Balaban J connectivity index is 1.62. The molecule has 3 heterocycles. The Kier molecular flexibility index (Phi) is 5.40. The number of nitrogens with one attached hydrogen (secondary N) is 1. The fraction of sp³-hybridized carbons (Fsp3) is 0.292. The van der Waals surface area contributed by atoms with E-state index in [0.717, 1.165) is 31.5 Å². The van der Waals surface area contributed by atoms with Crippen molar-refractivity contribution in [3.63, 3.8) is 0 Å². The molecule has 0 spiro atoms. The fourth-order valence-electron chi connectivity index (χ4n) is 4.40. The Morgan fingerprint density at radius 2 is 1.88 bits per heavy atom. The average molecular weight is 447 g/mol. The normalized spacial score (nSPS) is 19.7. The van der Waals surface area contributed by atoms with E-state index in [2.05, 4.69) is 26.3 Å². The second-order valence-electron chi connectivity index (χ2n) is 8.42. The van der Waals surface area contributed by atoms with Crippen LogP contribution < -0.4 is 11.1 Å². The van der Waals surface area contributed by atoms with Gasteiger partial charge in [-0.3, -0.25) is 9.89 Å². The number of nitrogens with zero attached hydrogens (tertiary/aromatic N) is 5. The van der Waals surface area contributed by atoms with E-state index in [9.17, 15) is 4.39 Å². The number of likely N-dealkylation sites (tertiary alicyclic amines) is 1. The molecule has 0 saturated carbocycles. The minimum absolute atomic E-state index is 0.0772. The standard InChI is InChI=1S/C24H23F2N7/c1-32-13-30-19-10-17(20(25)21(26)23(19)32)18-12-29-24(33-8-6-16(28)7-9-33)31-22(18)15-4-2-14(11-27)3-5-15/h2-5,10,12-13,16,24,31H,6-9,28H2,1H3. The third-order valence-corrected chi connectivity index (χ3v) is 6.28. The van der Waals surface area contributed by atoms with Crippen molar-refractivity contribution in [1.29, 1.82) is 5.26 Å². The van der Waals surface area contributed by atoms with Gasteiger partial charge in [-0.2, -0.15) is 5.26 Å². The number of imidazole rings is 1. The van der Waals surface area contributed by atoms with Gasteiger partial charge < -0.3 is 15.6 Å². The lowest BCUT2D eigenvalue weighted by molar-refractivity contribution is 0.145. The van der Waals surface area contributed by atoms with E-state index in [4.69, 9.17) is 11.0 Å². The van der Waals surface area contributed by atoms with E-state index in [1.807, 2.05) is 0 Å². The fourth-order valence-corrected chi connectivity index (χ4v) is 4.40. The second kappa shape index (κ2) is 8.39. The summed E-state index contributed by atoms with van der Waals surface area (Å²) in [6.45, 7) is 1.57. The molecule has 3 N–H and O–H groups in total. The highest BCUT2D eigenvalue weighted by Gasteiger charge is 2.29. The summed E-state index contributed by atoms with van der Waals surface area (Å²) in [7, 11) is 1.62. The Hall–Kier alpha value is -3.61. The third kappa shape index (κ3) is 3.77. The van der Waals surface area contributed by atoms with E-state index in [1.54, 1.807) is 43.6 Å². The molecule has 1 saturated heterocycles. The van der Waals surface area contributed by atoms with Crippen LogP contribution in [0.25, 0.3) is 22.3 Å². The van der Waals surface area contributed by atoms with E-state index in [-0.39, 0.29) is 23.4 Å². The number of aryl methyl sites for hydroxylation is 1. The second-order valence-corrected chi connectivity index (χ2v) is 8.42. The number of aliphatic imine (C=N–C) groups is 1. The lowest BCUT2D eigenvalue weighted by Crippen LogP contribution is -2.50. The van der Waals surface area contributed by atoms with Crippen LogP contribution in [-0.2, 0) is 7.05 Å². The van der Waals surface area contributed by atoms with Crippen LogP contribution in [0.2, 0.25) is 0 Å². The van der Waals surface area contributed by atoms with Crippen LogP contribution in [-0.4, -0.2) is 46.1 Å². The number of nitrogens with two attached hydrogens (primary N) is 1. The van der Waals surface area contributed by atoms with Crippen molar-refractivity contribution in [3.8, 4) is 6.07 Å². The van der Waals surface area contributed by atoms with Crippen LogP contribution in [0.4, 0.5) is 8.78 Å². The first kappa shape index (κ1) is 21.2. The smallest absolute Gasteiger partial charge is 0.185 e. The lowest BCUT2D eigenvalue weighted by Gasteiger charge is -2.37. The van der Waals surface area contributed by atoms with Crippen LogP contribution in [0.1, 0.15) is 29.5 Å². The first-order chi connectivity index (χ1) is 16.0. The summed E-state index contributed by atoms with van der Waals surface area (Å²) in [6.07, 6.45) is 4.44. The zero-order valence-corrected chi connectivity index (χ0v) is 18.1. The molecule has 1 atom stereocenters. The molecule has 1 fully saturated rings. The molecule has 3 aromatic rings. The number of rotatable bonds is 3. The first-order valence-electron chi connectivity index (χ1n) is 10.8. The van der Waals surface area contributed by atoms with Crippen LogP contribution >= 0.6 is 0 Å². The minimum Gasteiger partial charge on any atom is -0.350 e. The number of hydrogen-bond acceptors (Lipinski definition) is 6. The monoisotopic (exact) mass is 447 g/mol. The van der Waals surface area contributed by atoms with Gasteiger partial charge in [0.1, 0.15) is 5.52 Å². The summed E-state index contributed by atoms with van der Waals surface area (Å²) in [6, 6.07) is 10.8. The number of benzene rings is 2. The molecule has 33 heavy (non-hydrogen) atoms. The lowest BCUT2D eigenvalue weighted by atomic mass is 9.97. The number of allylic oxidation sites excluding steroid dienone is 1. The predicted octanol–water partition coefficient (Wildman–Crippen LogP) is 2.97. The molecule has 2 aromatic carbocycles. The number of fused-ring (bicyclic) bond motifs is 1. The number of nitriles is 1. The molecule has 0 bridgehead atoms. The van der Waals surface area contributed by atoms with Gasteiger partial charge in [-0.15, -0.1) is 0 Å². The Morgan fingerprint density at radius 3 is 2.58 bits per heavy atom. The zero-order valence-electron chi connectivity index (χ0n) is 18.1. The predicted molar refractivity (Wildman–Crippen MR) is 123 cm³/mol. The molecular weight excluding hydrogens is 424 g/mol. The highest BCUT2D eigenvalue weighted by atomic mass is 19.2. The molecule has 1 unspecified atom stereocenters. The quantitative estimate of drug-likeness (QED) is 0.644. The van der Waals surface area contributed by atoms with Gasteiger partial charge >= 0.3 is 0 Å². The van der Waals surface area contributed by atoms with Gasteiger partial charge in [0.05, 0.1) is 29.2 Å². The largest absolute Gasteiger partial charge is 0.350 e. The van der Waals surface area contributed by atoms with Crippen molar-refractivity contribution < 1.29 is 8.78 Å². The van der Waals surface area contributed by atoms with Crippen LogP contribution in [0.15, 0.2) is 41.7 Å². The van der Waals surface area contributed by atoms with Crippen molar-refractivity contribution in [2.45, 2.75) is 25.2 Å². The third-order valence-electron chi connectivity index (χ3n) is 6.28. The summed E-state index contributed by atoms with van der Waals surface area (Å²) >= 11 is 0. The first-order valence-corrected chi connectivity index (χ1v) is 10.8. The number of halogens is 2. The van der Waals surface area contributed by atoms with E-state index in [1.165, 1.54) is 10.9 Å². The van der Waals surface area contributed by atoms with Crippen molar-refractivity contribution in [1.82, 2.24) is 19.8 Å². The van der Waals surface area contributed by atoms with E-state index >= 15 is 4.39 Å². The summed E-state index contributed by atoms with van der Waals surface area (Å²) in [5.41, 5.74) is 8.89. The summed E-state index contributed by atoms with van der Waals surface area (Å²) in [4.78, 5) is 11.0. The molecule has 9 heteroatoms. The van der Waals surface area contributed by atoms with Crippen molar-refractivity contribution in [2.24, 2.45) is 17.8 Å². The highest BCUT2D eigenvalue weighted by Crippen LogP contribution is 2.33.